The summed E-state index contributed by atoms with van der Waals surface area (Å²) in [7, 11) is 1.82. The number of carbonyl (C=O) groups is 1. The number of amides is 1. The summed E-state index contributed by atoms with van der Waals surface area (Å²) in [4.78, 5) is 19.5. The van der Waals surface area contributed by atoms with E-state index in [1.165, 1.54) is 0 Å². The van der Waals surface area contributed by atoms with Crippen LogP contribution in [0.1, 0.15) is 5.56 Å². The largest absolute Gasteiger partial charge is 0.397 e. The van der Waals surface area contributed by atoms with E-state index in [9.17, 15) is 4.79 Å². The molecule has 0 spiro atoms. The number of anilines is 2. The quantitative estimate of drug-likeness (QED) is 0.737. The Morgan fingerprint density at radius 1 is 1.44 bits per heavy atom. The molecule has 5 heteroatoms. The second-order valence-electron chi connectivity index (χ2n) is 4.14. The highest BCUT2D eigenvalue weighted by Gasteiger charge is 2.21. The van der Waals surface area contributed by atoms with Gasteiger partial charge in [-0.1, -0.05) is 0 Å². The molecule has 1 aliphatic heterocycles. The predicted octanol–water partition coefficient (Wildman–Crippen LogP) is 0.251. The van der Waals surface area contributed by atoms with E-state index >= 15 is 0 Å². The normalized spacial score (nSPS) is 16.8. The molecule has 0 atom stereocenters. The molecule has 1 aromatic rings. The van der Waals surface area contributed by atoms with Gasteiger partial charge in [-0.25, -0.2) is 4.98 Å². The average molecular weight is 220 g/mol. The first-order chi connectivity index (χ1) is 7.58. The summed E-state index contributed by atoms with van der Waals surface area (Å²) in [5.74, 6) is 0.954. The van der Waals surface area contributed by atoms with Crippen LogP contribution in [0, 0.1) is 6.92 Å². The van der Waals surface area contributed by atoms with Crippen molar-refractivity contribution in [3.8, 4) is 0 Å². The number of hydrogen-bond donors (Lipinski definition) is 1. The topological polar surface area (TPSA) is 62.5 Å². The standard InChI is InChI=1S/C11H16N4O/c1-8-5-10(13-6-9(8)12)15-4-3-14(2)11(16)7-15/h5-6H,3-4,7,12H2,1-2H3. The number of aromatic nitrogens is 1. The maximum atomic E-state index is 11.6. The van der Waals surface area contributed by atoms with Gasteiger partial charge in [-0.2, -0.15) is 0 Å². The Morgan fingerprint density at radius 2 is 2.19 bits per heavy atom. The second-order valence-corrected chi connectivity index (χ2v) is 4.14. The number of likely N-dealkylation sites (N-methyl/N-ethyl adjacent to an activating group) is 1. The van der Waals surface area contributed by atoms with Gasteiger partial charge in [0.25, 0.3) is 0 Å². The summed E-state index contributed by atoms with van der Waals surface area (Å²) >= 11 is 0. The maximum absolute atomic E-state index is 11.6. The summed E-state index contributed by atoms with van der Waals surface area (Å²) in [5.41, 5.74) is 7.39. The molecule has 1 fully saturated rings. The van der Waals surface area contributed by atoms with E-state index in [2.05, 4.69) is 4.98 Å². The van der Waals surface area contributed by atoms with Gasteiger partial charge >= 0.3 is 0 Å². The fourth-order valence-electron chi connectivity index (χ4n) is 1.68. The van der Waals surface area contributed by atoms with Gasteiger partial charge in [-0.05, 0) is 18.6 Å². The van der Waals surface area contributed by atoms with E-state index in [1.807, 2.05) is 24.9 Å². The Kier molecular flexibility index (Phi) is 2.68. The second kappa shape index (κ2) is 4.00. The number of rotatable bonds is 1. The van der Waals surface area contributed by atoms with Gasteiger partial charge in [0.05, 0.1) is 18.4 Å². The van der Waals surface area contributed by atoms with Gasteiger partial charge in [-0.15, -0.1) is 0 Å². The molecule has 0 aromatic carbocycles. The van der Waals surface area contributed by atoms with Gasteiger partial charge in [0.15, 0.2) is 0 Å². The van der Waals surface area contributed by atoms with Crippen LogP contribution in [0.15, 0.2) is 12.3 Å². The Bertz CT molecular complexity index is 418. The van der Waals surface area contributed by atoms with Crippen LogP contribution in [-0.2, 0) is 4.79 Å². The molecule has 2 rings (SSSR count). The molecule has 1 aromatic heterocycles. The van der Waals surface area contributed by atoms with Crippen LogP contribution in [0.2, 0.25) is 0 Å². The Hall–Kier alpha value is -1.78. The number of aryl methyl sites for hydroxylation is 1. The van der Waals surface area contributed by atoms with Crippen LogP contribution in [-0.4, -0.2) is 42.5 Å². The van der Waals surface area contributed by atoms with Crippen LogP contribution in [0.3, 0.4) is 0 Å². The molecular formula is C11H16N4O. The van der Waals surface area contributed by atoms with Gasteiger partial charge < -0.3 is 15.5 Å². The first-order valence-electron chi connectivity index (χ1n) is 5.29. The van der Waals surface area contributed by atoms with Crippen LogP contribution in [0.5, 0.6) is 0 Å². The first-order valence-corrected chi connectivity index (χ1v) is 5.29. The molecule has 0 bridgehead atoms. The van der Waals surface area contributed by atoms with Crippen molar-refractivity contribution in [3.63, 3.8) is 0 Å². The number of nitrogens with two attached hydrogens (primary N) is 1. The highest BCUT2D eigenvalue weighted by Crippen LogP contribution is 2.18. The molecule has 1 saturated heterocycles. The monoisotopic (exact) mass is 220 g/mol. The van der Waals surface area contributed by atoms with Gasteiger partial charge in [0, 0.05) is 20.1 Å². The van der Waals surface area contributed by atoms with Gasteiger partial charge in [-0.3, -0.25) is 4.79 Å². The predicted molar refractivity (Wildman–Crippen MR) is 63.2 cm³/mol. The van der Waals surface area contributed by atoms with Crippen molar-refractivity contribution in [2.45, 2.75) is 6.92 Å². The molecule has 86 valence electrons. The molecule has 0 saturated carbocycles. The van der Waals surface area contributed by atoms with Crippen LogP contribution >= 0.6 is 0 Å². The van der Waals surface area contributed by atoms with Crippen molar-refractivity contribution in [1.82, 2.24) is 9.88 Å². The minimum absolute atomic E-state index is 0.127. The van der Waals surface area contributed by atoms with Crippen molar-refractivity contribution in [1.29, 1.82) is 0 Å². The molecule has 0 radical (unpaired) electrons. The van der Waals surface area contributed by atoms with Crippen molar-refractivity contribution < 1.29 is 4.79 Å². The lowest BCUT2D eigenvalue weighted by molar-refractivity contribution is -0.129. The number of pyridine rings is 1. The smallest absolute Gasteiger partial charge is 0.241 e. The molecule has 1 amide bonds. The van der Waals surface area contributed by atoms with E-state index < -0.39 is 0 Å². The fraction of sp³-hybridized carbons (Fsp3) is 0.455. The Morgan fingerprint density at radius 3 is 2.81 bits per heavy atom. The van der Waals surface area contributed by atoms with Crippen molar-refractivity contribution in [2.24, 2.45) is 0 Å². The molecule has 2 N–H and O–H groups in total. The number of carbonyl (C=O) groups excluding carboxylic acids is 1. The van der Waals surface area contributed by atoms with E-state index in [4.69, 9.17) is 5.73 Å². The highest BCUT2D eigenvalue weighted by molar-refractivity contribution is 5.82. The zero-order valence-corrected chi connectivity index (χ0v) is 9.60. The molecule has 16 heavy (non-hydrogen) atoms. The third-order valence-corrected chi connectivity index (χ3v) is 2.92. The lowest BCUT2D eigenvalue weighted by atomic mass is 10.2. The van der Waals surface area contributed by atoms with Crippen molar-refractivity contribution in [2.75, 3.05) is 37.3 Å². The first kappa shape index (κ1) is 10.7. The van der Waals surface area contributed by atoms with Crippen LogP contribution < -0.4 is 10.6 Å². The van der Waals surface area contributed by atoms with E-state index in [1.54, 1.807) is 11.1 Å². The number of hydrogen-bond acceptors (Lipinski definition) is 4. The summed E-state index contributed by atoms with van der Waals surface area (Å²) in [5, 5.41) is 0. The molecule has 5 nitrogen and oxygen atoms in total. The Balaban J connectivity index is 2.18. The number of piperazine rings is 1. The highest BCUT2D eigenvalue weighted by atomic mass is 16.2. The number of nitrogens with zero attached hydrogens (tertiary/aromatic N) is 3. The van der Waals surface area contributed by atoms with E-state index in [0.29, 0.717) is 12.2 Å². The van der Waals surface area contributed by atoms with Crippen molar-refractivity contribution >= 4 is 17.4 Å². The minimum atomic E-state index is 0.127. The van der Waals surface area contributed by atoms with Crippen LogP contribution in [0.4, 0.5) is 11.5 Å². The molecule has 0 aliphatic carbocycles. The van der Waals surface area contributed by atoms with Gasteiger partial charge in [0.1, 0.15) is 5.82 Å². The molecular weight excluding hydrogens is 204 g/mol. The summed E-state index contributed by atoms with van der Waals surface area (Å²) in [6.07, 6.45) is 1.65. The molecule has 1 aliphatic rings. The maximum Gasteiger partial charge on any atom is 0.241 e. The Labute approximate surface area is 94.9 Å². The third-order valence-electron chi connectivity index (χ3n) is 2.92. The molecule has 2 heterocycles. The van der Waals surface area contributed by atoms with Crippen molar-refractivity contribution in [3.05, 3.63) is 17.8 Å². The fourth-order valence-corrected chi connectivity index (χ4v) is 1.68. The lowest BCUT2D eigenvalue weighted by Crippen LogP contribution is -2.48. The van der Waals surface area contributed by atoms with E-state index in [-0.39, 0.29) is 5.91 Å². The average Bonchev–Trinajstić information content (AvgIpc) is 2.26. The number of nitrogen functional groups attached to an aromatic ring is 1. The van der Waals surface area contributed by atoms with E-state index in [0.717, 1.165) is 24.5 Å². The summed E-state index contributed by atoms with van der Waals surface area (Å²) in [6, 6.07) is 1.92. The summed E-state index contributed by atoms with van der Waals surface area (Å²) in [6.45, 7) is 3.90. The SMILES string of the molecule is Cc1cc(N2CCN(C)C(=O)C2)ncc1N. The summed E-state index contributed by atoms with van der Waals surface area (Å²) < 4.78 is 0. The third kappa shape index (κ3) is 1.93. The zero-order valence-electron chi connectivity index (χ0n) is 9.60. The minimum Gasteiger partial charge on any atom is -0.397 e. The lowest BCUT2D eigenvalue weighted by Gasteiger charge is -2.32. The molecule has 0 unspecified atom stereocenters. The van der Waals surface area contributed by atoms with Crippen LogP contribution in [0.25, 0.3) is 0 Å². The zero-order chi connectivity index (χ0) is 11.7. The van der Waals surface area contributed by atoms with Gasteiger partial charge in [0.2, 0.25) is 5.91 Å².